The Labute approximate surface area is 210 Å². The minimum Gasteiger partial charge on any atom is -0.481 e. The van der Waals surface area contributed by atoms with Gasteiger partial charge in [0.1, 0.15) is 12.1 Å². The number of benzene rings is 1. The Morgan fingerprint density at radius 3 is 2.83 bits per heavy atom. The standard InChI is InChI=1S/C22H22ClN5O5S2/c1-26-5-4-17-18(12-26)34-21(25-17)22(31)28-7-6-27(11-15(28)10-20(29)30)35(32,33)19-9-13-8-14(23)2-3-16(13)24-19/h2-5,8-9,12,15,21,24H,6-7,10-11H2,1H3,(H,29,30)/p+1. The van der Waals surface area contributed by atoms with Crippen LogP contribution in [0.3, 0.4) is 0 Å². The molecule has 3 N–H and O–H groups in total. The van der Waals surface area contributed by atoms with E-state index >= 15 is 0 Å². The summed E-state index contributed by atoms with van der Waals surface area (Å²) in [5.74, 6) is -1.37. The number of fused-ring (bicyclic) bond motifs is 2. The number of carbonyl (C=O) groups is 2. The number of thioether (sulfide) groups is 1. The van der Waals surface area contributed by atoms with Crippen molar-refractivity contribution >= 4 is 61.9 Å². The first-order chi connectivity index (χ1) is 16.6. The maximum Gasteiger partial charge on any atom is 0.305 e. The Balaban J connectivity index is 1.36. The highest BCUT2D eigenvalue weighted by atomic mass is 35.5. The zero-order valence-corrected chi connectivity index (χ0v) is 21.0. The number of aromatic nitrogens is 2. The highest BCUT2D eigenvalue weighted by Gasteiger charge is 2.41. The van der Waals surface area contributed by atoms with Crippen LogP contribution in [0.15, 0.2) is 52.6 Å². The molecule has 3 aromatic rings. The first-order valence-electron chi connectivity index (χ1n) is 10.8. The van der Waals surface area contributed by atoms with Crippen molar-refractivity contribution in [3.8, 4) is 0 Å². The number of aromatic amines is 1. The number of piperazine rings is 1. The average Bonchev–Trinajstić information content (AvgIpc) is 3.42. The molecule has 4 heterocycles. The zero-order chi connectivity index (χ0) is 24.9. The number of carboxylic acid groups (broad SMARTS) is 1. The fourth-order valence-electron chi connectivity index (χ4n) is 4.41. The van der Waals surface area contributed by atoms with E-state index in [2.05, 4.69) is 10.3 Å². The van der Waals surface area contributed by atoms with Crippen molar-refractivity contribution in [1.82, 2.24) is 14.2 Å². The Morgan fingerprint density at radius 1 is 1.26 bits per heavy atom. The van der Waals surface area contributed by atoms with Crippen LogP contribution in [0.4, 0.5) is 5.69 Å². The van der Waals surface area contributed by atoms with Gasteiger partial charge in [0.05, 0.1) is 23.0 Å². The number of sulfonamides is 1. The molecule has 35 heavy (non-hydrogen) atoms. The Bertz CT molecular complexity index is 1440. The van der Waals surface area contributed by atoms with Crippen LogP contribution in [-0.2, 0) is 26.7 Å². The van der Waals surface area contributed by atoms with Crippen LogP contribution in [0.25, 0.3) is 10.9 Å². The topological polar surface area (TPSA) is 127 Å². The van der Waals surface area contributed by atoms with Gasteiger partial charge >= 0.3 is 5.97 Å². The maximum atomic E-state index is 13.4. The van der Waals surface area contributed by atoms with Crippen LogP contribution < -0.4 is 9.88 Å². The molecular formula is C22H23ClN5O5S2+. The van der Waals surface area contributed by atoms with Crippen LogP contribution in [0.1, 0.15) is 6.42 Å². The fourth-order valence-corrected chi connectivity index (χ4v) is 7.23. The number of pyridine rings is 1. The number of hydrogen-bond acceptors (Lipinski definition) is 6. The van der Waals surface area contributed by atoms with E-state index in [0.29, 0.717) is 15.9 Å². The third-order valence-corrected chi connectivity index (χ3v) is 9.29. The molecule has 0 bridgehead atoms. The van der Waals surface area contributed by atoms with Crippen molar-refractivity contribution < 1.29 is 27.7 Å². The Kier molecular flexibility index (Phi) is 6.16. The summed E-state index contributed by atoms with van der Waals surface area (Å²) in [5.41, 5.74) is 1.46. The summed E-state index contributed by atoms with van der Waals surface area (Å²) in [6.45, 7) is 0.0281. The van der Waals surface area contributed by atoms with E-state index < -0.39 is 27.4 Å². The molecule has 10 nitrogen and oxygen atoms in total. The summed E-state index contributed by atoms with van der Waals surface area (Å²) < 4.78 is 29.9. The lowest BCUT2D eigenvalue weighted by atomic mass is 10.1. The number of H-pyrrole nitrogens is 1. The van der Waals surface area contributed by atoms with Crippen molar-refractivity contribution in [2.24, 2.45) is 7.05 Å². The highest BCUT2D eigenvalue weighted by molar-refractivity contribution is 8.01. The van der Waals surface area contributed by atoms with Crippen LogP contribution in [0, 0.1) is 0 Å². The minimum atomic E-state index is -3.94. The SMILES string of the molecule is C[n+]1ccc2c(c1)SC(C(=O)N1CCN(S(=O)(=O)c3cc4cc(Cl)ccc4[nH]3)CC1CC(=O)O)N2. The summed E-state index contributed by atoms with van der Waals surface area (Å²) in [6.07, 6.45) is 3.42. The number of anilines is 1. The molecule has 2 aromatic heterocycles. The van der Waals surface area contributed by atoms with Crippen molar-refractivity contribution in [2.75, 3.05) is 25.0 Å². The number of halogens is 1. The van der Waals surface area contributed by atoms with Gasteiger partial charge in [-0.1, -0.05) is 23.4 Å². The van der Waals surface area contributed by atoms with E-state index in [9.17, 15) is 23.1 Å². The molecule has 13 heteroatoms. The second kappa shape index (κ2) is 9.01. The summed E-state index contributed by atoms with van der Waals surface area (Å²) >= 11 is 7.38. The molecule has 0 saturated carbocycles. The first-order valence-corrected chi connectivity index (χ1v) is 13.5. The van der Waals surface area contributed by atoms with Gasteiger partial charge in [0.25, 0.3) is 15.9 Å². The molecule has 2 aliphatic heterocycles. The van der Waals surface area contributed by atoms with Gasteiger partial charge in [-0.05, 0) is 24.3 Å². The number of carbonyl (C=O) groups excluding carboxylic acids is 1. The van der Waals surface area contributed by atoms with Gasteiger partial charge in [-0.25, -0.2) is 13.0 Å². The minimum absolute atomic E-state index is 0.0000438. The number of carboxylic acids is 1. The lowest BCUT2D eigenvalue weighted by Crippen LogP contribution is -2.59. The van der Waals surface area contributed by atoms with E-state index in [1.54, 1.807) is 18.2 Å². The maximum absolute atomic E-state index is 13.4. The van der Waals surface area contributed by atoms with E-state index in [-0.39, 0.29) is 37.0 Å². The first kappa shape index (κ1) is 23.9. The molecule has 2 aliphatic rings. The zero-order valence-electron chi connectivity index (χ0n) is 18.6. The molecule has 5 rings (SSSR count). The van der Waals surface area contributed by atoms with Gasteiger partial charge in [-0.3, -0.25) is 9.59 Å². The molecule has 2 unspecified atom stereocenters. The van der Waals surface area contributed by atoms with Crippen LogP contribution in [-0.4, -0.2) is 70.6 Å². The second-order valence-corrected chi connectivity index (χ2v) is 12.0. The van der Waals surface area contributed by atoms with E-state index in [4.69, 9.17) is 11.6 Å². The number of hydrogen-bond donors (Lipinski definition) is 3. The summed E-state index contributed by atoms with van der Waals surface area (Å²) in [5, 5.41) is 13.2. The molecular weight excluding hydrogens is 514 g/mol. The molecule has 1 amide bonds. The second-order valence-electron chi connectivity index (χ2n) is 8.54. The predicted octanol–water partition coefficient (Wildman–Crippen LogP) is 1.87. The van der Waals surface area contributed by atoms with Gasteiger partial charge in [0, 0.05) is 41.6 Å². The number of nitrogens with zero attached hydrogens (tertiary/aromatic N) is 3. The average molecular weight is 537 g/mol. The van der Waals surface area contributed by atoms with Gasteiger partial charge in [-0.15, -0.1) is 0 Å². The number of aryl methyl sites for hydroxylation is 1. The van der Waals surface area contributed by atoms with Gasteiger partial charge < -0.3 is 20.3 Å². The monoisotopic (exact) mass is 536 g/mol. The lowest BCUT2D eigenvalue weighted by Gasteiger charge is -2.40. The van der Waals surface area contributed by atoms with E-state index in [1.165, 1.54) is 27.0 Å². The molecule has 1 saturated heterocycles. The lowest BCUT2D eigenvalue weighted by molar-refractivity contribution is -0.673. The van der Waals surface area contributed by atoms with Crippen molar-refractivity contribution in [2.45, 2.75) is 27.8 Å². The molecule has 184 valence electrons. The van der Waals surface area contributed by atoms with E-state index in [0.717, 1.165) is 10.6 Å². The van der Waals surface area contributed by atoms with Crippen LogP contribution >= 0.6 is 23.4 Å². The Hall–Kier alpha value is -2.80. The van der Waals surface area contributed by atoms with Crippen molar-refractivity contribution in [3.63, 3.8) is 0 Å². The summed E-state index contributed by atoms with van der Waals surface area (Å²) in [7, 11) is -2.05. The molecule has 0 aliphatic carbocycles. The Morgan fingerprint density at radius 2 is 2.06 bits per heavy atom. The largest absolute Gasteiger partial charge is 0.481 e. The smallest absolute Gasteiger partial charge is 0.305 e. The predicted molar refractivity (Wildman–Crippen MR) is 131 cm³/mol. The number of amides is 1. The molecule has 0 radical (unpaired) electrons. The van der Waals surface area contributed by atoms with Gasteiger partial charge in [0.2, 0.25) is 0 Å². The molecule has 2 atom stereocenters. The number of nitrogens with one attached hydrogen (secondary N) is 2. The third kappa shape index (κ3) is 4.58. The summed E-state index contributed by atoms with van der Waals surface area (Å²) in [4.78, 5) is 30.3. The highest BCUT2D eigenvalue weighted by Crippen LogP contribution is 2.38. The number of aliphatic carboxylic acids is 1. The van der Waals surface area contributed by atoms with E-state index in [1.807, 2.05) is 30.1 Å². The quantitative estimate of drug-likeness (QED) is 0.425. The van der Waals surface area contributed by atoms with Crippen LogP contribution in [0.2, 0.25) is 5.02 Å². The summed E-state index contributed by atoms with van der Waals surface area (Å²) in [6, 6.07) is 7.62. The van der Waals surface area contributed by atoms with Gasteiger partial charge in [0.15, 0.2) is 17.8 Å². The fraction of sp³-hybridized carbons (Fsp3) is 0.318. The molecule has 1 fully saturated rings. The third-order valence-electron chi connectivity index (χ3n) is 6.13. The molecule has 1 aromatic carbocycles. The number of rotatable bonds is 5. The van der Waals surface area contributed by atoms with Crippen molar-refractivity contribution in [1.29, 1.82) is 0 Å². The normalized spacial score (nSPS) is 20.6. The van der Waals surface area contributed by atoms with Crippen molar-refractivity contribution in [3.05, 3.63) is 47.7 Å². The molecule has 0 spiro atoms. The van der Waals surface area contributed by atoms with Crippen LogP contribution in [0.5, 0.6) is 0 Å². The van der Waals surface area contributed by atoms with Gasteiger partial charge in [-0.2, -0.15) is 4.31 Å².